The first kappa shape index (κ1) is 97.1. The van der Waals surface area contributed by atoms with Crippen molar-refractivity contribution in [2.24, 2.45) is 11.8 Å². The molecular weight excluding hydrogens is 1290 g/mol. The second-order valence-electron chi connectivity index (χ2n) is 29.8. The molecule has 0 heterocycles. The number of phosphoric acid groups is 2. The molecule has 0 fully saturated rings. The maximum absolute atomic E-state index is 13.1. The zero-order valence-corrected chi connectivity index (χ0v) is 66.6. The number of aliphatic hydroxyl groups is 1. The van der Waals surface area contributed by atoms with Gasteiger partial charge in [0, 0.05) is 25.7 Å². The molecular formula is C80H156O17P2. The van der Waals surface area contributed by atoms with E-state index in [2.05, 4.69) is 41.5 Å². The number of ether oxygens (including phenoxy) is 4. The van der Waals surface area contributed by atoms with Crippen LogP contribution >= 0.6 is 15.6 Å². The van der Waals surface area contributed by atoms with Crippen LogP contribution in [0.4, 0.5) is 0 Å². The molecule has 0 aliphatic heterocycles. The van der Waals surface area contributed by atoms with E-state index in [1.54, 1.807) is 0 Å². The van der Waals surface area contributed by atoms with Gasteiger partial charge in [-0.05, 0) is 37.5 Å². The SMILES string of the molecule is CCCCCCCCCCCCCCCCCCC(=O)OC[C@H](COP(=O)(O)OC[C@@H](O)COP(=O)(O)OC[C@@H](COC(=O)CCCCCCCCCCCC)OC(=O)CCCCCCCCCCCCCC(C)C)OC(=O)CCCCCCCCCCCCCCCCCCC(C)C. The molecule has 0 saturated heterocycles. The number of hydrogen-bond donors (Lipinski definition) is 3. The van der Waals surface area contributed by atoms with Gasteiger partial charge in [-0.15, -0.1) is 0 Å². The van der Waals surface area contributed by atoms with Crippen LogP contribution in [0.15, 0.2) is 0 Å². The summed E-state index contributed by atoms with van der Waals surface area (Å²) in [6, 6.07) is 0. The minimum atomic E-state index is -4.96. The van der Waals surface area contributed by atoms with Crippen LogP contribution in [-0.4, -0.2) is 96.7 Å². The number of hydrogen-bond acceptors (Lipinski definition) is 15. The fourth-order valence-corrected chi connectivity index (χ4v) is 13.9. The molecule has 588 valence electrons. The van der Waals surface area contributed by atoms with Gasteiger partial charge < -0.3 is 33.8 Å². The number of esters is 4. The summed E-state index contributed by atoms with van der Waals surface area (Å²) in [6.45, 7) is 9.65. The van der Waals surface area contributed by atoms with E-state index in [1.807, 2.05) is 0 Å². The van der Waals surface area contributed by atoms with Crippen molar-refractivity contribution in [3.8, 4) is 0 Å². The molecule has 0 aromatic heterocycles. The highest BCUT2D eigenvalue weighted by Crippen LogP contribution is 2.45. The van der Waals surface area contributed by atoms with Crippen LogP contribution < -0.4 is 0 Å². The first-order valence-electron chi connectivity index (χ1n) is 41.5. The monoisotopic (exact) mass is 1450 g/mol. The summed E-state index contributed by atoms with van der Waals surface area (Å²) >= 11 is 0. The van der Waals surface area contributed by atoms with Gasteiger partial charge in [-0.2, -0.15) is 0 Å². The topological polar surface area (TPSA) is 237 Å². The molecule has 0 bridgehead atoms. The van der Waals surface area contributed by atoms with Crippen LogP contribution in [0.2, 0.25) is 0 Å². The predicted octanol–water partition coefficient (Wildman–Crippen LogP) is 23.9. The van der Waals surface area contributed by atoms with Gasteiger partial charge in [0.25, 0.3) is 0 Å². The van der Waals surface area contributed by atoms with Crippen LogP contribution in [0.3, 0.4) is 0 Å². The highest BCUT2D eigenvalue weighted by Gasteiger charge is 2.30. The van der Waals surface area contributed by atoms with Crippen molar-refractivity contribution in [3.63, 3.8) is 0 Å². The van der Waals surface area contributed by atoms with Crippen molar-refractivity contribution in [2.75, 3.05) is 39.6 Å². The summed E-state index contributed by atoms with van der Waals surface area (Å²) in [5.74, 6) is -0.534. The smallest absolute Gasteiger partial charge is 0.462 e. The molecule has 0 amide bonds. The largest absolute Gasteiger partial charge is 0.472 e. The lowest BCUT2D eigenvalue weighted by molar-refractivity contribution is -0.161. The third-order valence-corrected chi connectivity index (χ3v) is 20.6. The van der Waals surface area contributed by atoms with E-state index in [-0.39, 0.29) is 25.7 Å². The molecule has 0 spiro atoms. The fourth-order valence-electron chi connectivity index (χ4n) is 12.4. The molecule has 0 radical (unpaired) electrons. The number of carbonyl (C=O) groups is 4. The summed E-state index contributed by atoms with van der Waals surface area (Å²) in [5.41, 5.74) is 0. The van der Waals surface area contributed by atoms with E-state index in [0.29, 0.717) is 25.7 Å². The maximum atomic E-state index is 13.1. The van der Waals surface area contributed by atoms with E-state index in [9.17, 15) is 43.2 Å². The Morgan fingerprint density at radius 1 is 0.273 bits per heavy atom. The predicted molar refractivity (Wildman–Crippen MR) is 405 cm³/mol. The number of aliphatic hydroxyl groups excluding tert-OH is 1. The van der Waals surface area contributed by atoms with Gasteiger partial charge in [0.15, 0.2) is 12.2 Å². The van der Waals surface area contributed by atoms with Crippen LogP contribution in [0.5, 0.6) is 0 Å². The summed E-state index contributed by atoms with van der Waals surface area (Å²) in [6.07, 6.45) is 61.0. The van der Waals surface area contributed by atoms with Crippen molar-refractivity contribution in [1.82, 2.24) is 0 Å². The van der Waals surface area contributed by atoms with E-state index >= 15 is 0 Å². The molecule has 0 aliphatic carbocycles. The number of rotatable bonds is 79. The maximum Gasteiger partial charge on any atom is 0.472 e. The third-order valence-electron chi connectivity index (χ3n) is 18.7. The zero-order valence-electron chi connectivity index (χ0n) is 64.8. The van der Waals surface area contributed by atoms with Crippen molar-refractivity contribution in [1.29, 1.82) is 0 Å². The Hall–Kier alpha value is -1.94. The fraction of sp³-hybridized carbons (Fsp3) is 0.950. The third kappa shape index (κ3) is 74.1. The van der Waals surface area contributed by atoms with Crippen LogP contribution in [0.1, 0.15) is 420 Å². The van der Waals surface area contributed by atoms with E-state index in [4.69, 9.17) is 37.0 Å². The van der Waals surface area contributed by atoms with Gasteiger partial charge >= 0.3 is 39.5 Å². The zero-order chi connectivity index (χ0) is 72.8. The Labute approximate surface area is 607 Å². The minimum Gasteiger partial charge on any atom is -0.462 e. The second-order valence-corrected chi connectivity index (χ2v) is 32.7. The minimum absolute atomic E-state index is 0.107. The van der Waals surface area contributed by atoms with Crippen LogP contribution in [-0.2, 0) is 65.4 Å². The first-order chi connectivity index (χ1) is 47.9. The molecule has 2 unspecified atom stereocenters. The lowest BCUT2D eigenvalue weighted by atomic mass is 10.0. The molecule has 3 N–H and O–H groups in total. The molecule has 0 aromatic carbocycles. The van der Waals surface area contributed by atoms with Crippen LogP contribution in [0.25, 0.3) is 0 Å². The van der Waals surface area contributed by atoms with Gasteiger partial charge in [0.05, 0.1) is 26.4 Å². The van der Waals surface area contributed by atoms with Gasteiger partial charge in [-0.3, -0.25) is 37.3 Å². The lowest BCUT2D eigenvalue weighted by Gasteiger charge is -2.21. The van der Waals surface area contributed by atoms with Crippen molar-refractivity contribution in [2.45, 2.75) is 439 Å². The van der Waals surface area contributed by atoms with Crippen molar-refractivity contribution >= 4 is 39.5 Å². The summed E-state index contributed by atoms with van der Waals surface area (Å²) < 4.78 is 68.7. The van der Waals surface area contributed by atoms with E-state index in [1.165, 1.54) is 238 Å². The molecule has 19 heteroatoms. The summed E-state index contributed by atoms with van der Waals surface area (Å²) in [4.78, 5) is 73.0. The highest BCUT2D eigenvalue weighted by atomic mass is 31.2. The highest BCUT2D eigenvalue weighted by molar-refractivity contribution is 7.47. The van der Waals surface area contributed by atoms with Gasteiger partial charge in [0.2, 0.25) is 0 Å². The molecule has 0 aromatic rings. The molecule has 17 nitrogen and oxygen atoms in total. The Kier molecular flexibility index (Phi) is 70.3. The second kappa shape index (κ2) is 71.7. The summed E-state index contributed by atoms with van der Waals surface area (Å²) in [5, 5.41) is 10.6. The number of phosphoric ester groups is 2. The Morgan fingerprint density at radius 2 is 0.465 bits per heavy atom. The van der Waals surface area contributed by atoms with Gasteiger partial charge in [-0.1, -0.05) is 369 Å². The van der Waals surface area contributed by atoms with Crippen LogP contribution in [0, 0.1) is 11.8 Å². The van der Waals surface area contributed by atoms with E-state index in [0.717, 1.165) is 102 Å². The lowest BCUT2D eigenvalue weighted by Crippen LogP contribution is -2.30. The van der Waals surface area contributed by atoms with Crippen molar-refractivity contribution < 1.29 is 80.2 Å². The summed E-state index contributed by atoms with van der Waals surface area (Å²) in [7, 11) is -9.92. The quantitative estimate of drug-likeness (QED) is 0.0222. The average Bonchev–Trinajstić information content (AvgIpc) is 0.941. The van der Waals surface area contributed by atoms with Gasteiger partial charge in [-0.25, -0.2) is 9.13 Å². The first-order valence-corrected chi connectivity index (χ1v) is 44.5. The van der Waals surface area contributed by atoms with Crippen molar-refractivity contribution in [3.05, 3.63) is 0 Å². The molecule has 5 atom stereocenters. The molecule has 0 aliphatic rings. The Balaban J connectivity index is 5.24. The molecule has 0 saturated carbocycles. The van der Waals surface area contributed by atoms with Gasteiger partial charge in [0.1, 0.15) is 19.3 Å². The average molecular weight is 1450 g/mol. The Bertz CT molecular complexity index is 1910. The normalized spacial score (nSPS) is 13.9. The standard InChI is InChI=1S/C80H156O17P2/c1-7-9-11-13-15-17-19-20-21-25-28-33-39-45-51-57-63-78(83)91-69-76(96-79(84)64-58-52-46-40-34-29-26-23-22-24-27-31-36-42-48-54-60-72(3)4)71-95-99(88,89)93-67-74(81)66-92-98(86,87)94-70-75(68-90-77(82)62-56-50-44-38-18-16-14-12-10-8-2)97-80(85)65-59-53-47-41-35-30-32-37-43-49-55-61-73(5)6/h72-76,81H,7-71H2,1-6H3,(H,86,87)(H,88,89)/t74-,75+,76+/m0/s1. The number of unbranched alkanes of at least 4 members (excludes halogenated alkanes) is 49. The number of carbonyl (C=O) groups excluding carboxylic acids is 4. The molecule has 0 rings (SSSR count). The Morgan fingerprint density at radius 3 is 0.687 bits per heavy atom. The molecule has 99 heavy (non-hydrogen) atoms. The van der Waals surface area contributed by atoms with E-state index < -0.39 is 97.5 Å².